The van der Waals surface area contributed by atoms with Crippen molar-refractivity contribution in [1.29, 1.82) is 0 Å². The van der Waals surface area contributed by atoms with Crippen molar-refractivity contribution < 1.29 is 14.0 Å². The third-order valence-electron chi connectivity index (χ3n) is 3.39. The van der Waals surface area contributed by atoms with Crippen molar-refractivity contribution in [3.8, 4) is 0 Å². The largest absolute Gasteiger partial charge is 0.326 e. The highest BCUT2D eigenvalue weighted by Gasteiger charge is 2.48. The quantitative estimate of drug-likeness (QED) is 0.816. The van der Waals surface area contributed by atoms with E-state index >= 15 is 0 Å². The predicted molar refractivity (Wildman–Crippen MR) is 69.5 cm³/mol. The van der Waals surface area contributed by atoms with E-state index in [2.05, 4.69) is 0 Å². The van der Waals surface area contributed by atoms with E-state index in [-0.39, 0.29) is 13.0 Å². The molecule has 2 rings (SSSR count). The van der Waals surface area contributed by atoms with E-state index in [1.54, 1.807) is 12.1 Å². The third kappa shape index (κ3) is 2.45. The lowest BCUT2D eigenvalue weighted by molar-refractivity contribution is -0.144. The van der Waals surface area contributed by atoms with Gasteiger partial charge in [0.2, 0.25) is 5.67 Å². The first-order valence-corrected chi connectivity index (χ1v) is 6.11. The Labute approximate surface area is 111 Å². The number of carbonyl (C=O) groups excluding carboxylic acids is 2. The average molecular weight is 264 g/mol. The number of nitrogens with zero attached hydrogens (tertiary/aromatic N) is 2. The van der Waals surface area contributed by atoms with Crippen molar-refractivity contribution in [3.05, 3.63) is 35.4 Å². The molecule has 0 aliphatic carbocycles. The summed E-state index contributed by atoms with van der Waals surface area (Å²) in [6.07, 6.45) is -0.0198. The number of aryl methyl sites for hydroxylation is 1. The summed E-state index contributed by atoms with van der Waals surface area (Å²) in [7, 11) is 2.80. The topological polar surface area (TPSA) is 40.6 Å². The fourth-order valence-corrected chi connectivity index (χ4v) is 2.32. The van der Waals surface area contributed by atoms with Crippen LogP contribution in [0.15, 0.2) is 24.3 Å². The maximum absolute atomic E-state index is 14.8. The van der Waals surface area contributed by atoms with Gasteiger partial charge in [0.05, 0.1) is 6.54 Å². The van der Waals surface area contributed by atoms with Gasteiger partial charge in [-0.25, -0.2) is 9.18 Å². The van der Waals surface area contributed by atoms with Gasteiger partial charge in [-0.2, -0.15) is 0 Å². The zero-order valence-electron chi connectivity index (χ0n) is 11.3. The summed E-state index contributed by atoms with van der Waals surface area (Å²) < 4.78 is 14.8. The molecule has 1 unspecified atom stereocenters. The van der Waals surface area contributed by atoms with Gasteiger partial charge in [-0.05, 0) is 12.5 Å². The lowest BCUT2D eigenvalue weighted by Crippen LogP contribution is -2.62. The molecule has 19 heavy (non-hydrogen) atoms. The van der Waals surface area contributed by atoms with Gasteiger partial charge < -0.3 is 4.90 Å². The van der Waals surface area contributed by atoms with Gasteiger partial charge in [0, 0.05) is 20.5 Å². The number of alkyl halides is 1. The Bertz CT molecular complexity index is 515. The first-order valence-electron chi connectivity index (χ1n) is 6.11. The Hall–Kier alpha value is -1.91. The molecule has 5 heteroatoms. The Morgan fingerprint density at radius 3 is 2.37 bits per heavy atom. The first kappa shape index (κ1) is 13.5. The molecule has 102 valence electrons. The van der Waals surface area contributed by atoms with Crippen LogP contribution in [-0.4, -0.2) is 48.0 Å². The van der Waals surface area contributed by atoms with Crippen LogP contribution in [0.2, 0.25) is 0 Å². The number of hydrogen-bond donors (Lipinski definition) is 0. The maximum atomic E-state index is 14.8. The molecule has 3 amide bonds. The van der Waals surface area contributed by atoms with Crippen molar-refractivity contribution in [2.45, 2.75) is 19.0 Å². The summed E-state index contributed by atoms with van der Waals surface area (Å²) in [4.78, 5) is 25.6. The van der Waals surface area contributed by atoms with E-state index in [0.29, 0.717) is 0 Å². The summed E-state index contributed by atoms with van der Waals surface area (Å²) in [6, 6.07) is 6.90. The molecule has 1 atom stereocenters. The molecule has 1 aliphatic heterocycles. The van der Waals surface area contributed by atoms with Gasteiger partial charge in [-0.1, -0.05) is 29.8 Å². The van der Waals surface area contributed by atoms with Crippen molar-refractivity contribution in [2.75, 3.05) is 20.6 Å². The lowest BCUT2D eigenvalue weighted by atomic mass is 9.92. The van der Waals surface area contributed by atoms with Gasteiger partial charge in [0.1, 0.15) is 0 Å². The Balaban J connectivity index is 2.24. The highest BCUT2D eigenvalue weighted by molar-refractivity contribution is 6.01. The molecular weight excluding hydrogens is 247 g/mol. The van der Waals surface area contributed by atoms with Crippen LogP contribution >= 0.6 is 0 Å². The number of imide groups is 1. The third-order valence-corrected chi connectivity index (χ3v) is 3.39. The average Bonchev–Trinajstić information content (AvgIpc) is 2.37. The van der Waals surface area contributed by atoms with Crippen LogP contribution in [0, 0.1) is 6.92 Å². The van der Waals surface area contributed by atoms with Crippen molar-refractivity contribution in [1.82, 2.24) is 9.80 Å². The molecule has 0 radical (unpaired) electrons. The number of halogens is 1. The lowest BCUT2D eigenvalue weighted by Gasteiger charge is -2.38. The minimum atomic E-state index is -2.05. The molecule has 0 saturated carbocycles. The highest BCUT2D eigenvalue weighted by Crippen LogP contribution is 2.26. The summed E-state index contributed by atoms with van der Waals surface area (Å²) in [6.45, 7) is 1.74. The minimum absolute atomic E-state index is 0.0198. The molecule has 0 bridgehead atoms. The zero-order chi connectivity index (χ0) is 14.2. The van der Waals surface area contributed by atoms with Crippen molar-refractivity contribution in [2.24, 2.45) is 0 Å². The van der Waals surface area contributed by atoms with Gasteiger partial charge in [0.25, 0.3) is 5.91 Å². The van der Waals surface area contributed by atoms with Crippen LogP contribution in [0.3, 0.4) is 0 Å². The molecule has 1 aliphatic rings. The van der Waals surface area contributed by atoms with Crippen LogP contribution in [0.1, 0.15) is 11.1 Å². The smallest absolute Gasteiger partial charge is 0.324 e. The van der Waals surface area contributed by atoms with Crippen LogP contribution in [-0.2, 0) is 11.2 Å². The summed E-state index contributed by atoms with van der Waals surface area (Å²) in [5, 5.41) is 0. The standard InChI is InChI=1S/C14H17FN2O2/c1-10-4-6-11(7-5-10)8-14(15)9-16(2)13(19)17(3)12(14)18/h4-7H,8-9H2,1-3H3. The van der Waals surface area contributed by atoms with E-state index in [1.165, 1.54) is 19.0 Å². The van der Waals surface area contributed by atoms with Crippen LogP contribution < -0.4 is 0 Å². The van der Waals surface area contributed by atoms with Gasteiger partial charge in [-0.3, -0.25) is 9.69 Å². The summed E-state index contributed by atoms with van der Waals surface area (Å²) in [5.41, 5.74) is -0.221. The number of urea groups is 1. The molecule has 0 aromatic heterocycles. The van der Waals surface area contributed by atoms with E-state index in [1.807, 2.05) is 19.1 Å². The molecule has 1 heterocycles. The number of hydrogen-bond acceptors (Lipinski definition) is 2. The van der Waals surface area contributed by atoms with Crippen LogP contribution in [0.5, 0.6) is 0 Å². The minimum Gasteiger partial charge on any atom is -0.324 e. The normalized spacial score (nSPS) is 24.0. The van der Waals surface area contributed by atoms with Gasteiger partial charge in [0.15, 0.2) is 0 Å². The van der Waals surface area contributed by atoms with E-state index < -0.39 is 17.6 Å². The van der Waals surface area contributed by atoms with E-state index in [9.17, 15) is 14.0 Å². The molecule has 1 aromatic carbocycles. The molecule has 0 spiro atoms. The molecule has 4 nitrogen and oxygen atoms in total. The number of rotatable bonds is 2. The first-order chi connectivity index (χ1) is 8.83. The summed E-state index contributed by atoms with van der Waals surface area (Å²) >= 11 is 0. The number of amides is 3. The fraction of sp³-hybridized carbons (Fsp3) is 0.429. The highest BCUT2D eigenvalue weighted by atomic mass is 19.1. The predicted octanol–water partition coefficient (Wildman–Crippen LogP) is 1.77. The molecule has 0 N–H and O–H groups in total. The molecule has 1 aromatic rings. The van der Waals surface area contributed by atoms with Crippen LogP contribution in [0.4, 0.5) is 9.18 Å². The second kappa shape index (κ2) is 4.64. The second-order valence-corrected chi connectivity index (χ2v) is 5.13. The fourth-order valence-electron chi connectivity index (χ4n) is 2.32. The van der Waals surface area contributed by atoms with E-state index in [0.717, 1.165) is 16.0 Å². The van der Waals surface area contributed by atoms with Gasteiger partial charge >= 0.3 is 6.03 Å². The second-order valence-electron chi connectivity index (χ2n) is 5.13. The maximum Gasteiger partial charge on any atom is 0.326 e. The number of carbonyl (C=O) groups is 2. The van der Waals surface area contributed by atoms with Crippen molar-refractivity contribution >= 4 is 11.9 Å². The Kier molecular flexibility index (Phi) is 3.30. The SMILES string of the molecule is Cc1ccc(CC2(F)CN(C)C(=O)N(C)C2=O)cc1. The molecule has 1 fully saturated rings. The summed E-state index contributed by atoms with van der Waals surface area (Å²) in [5.74, 6) is -0.767. The van der Waals surface area contributed by atoms with Crippen molar-refractivity contribution in [3.63, 3.8) is 0 Å². The van der Waals surface area contributed by atoms with Gasteiger partial charge in [-0.15, -0.1) is 0 Å². The molecule has 1 saturated heterocycles. The van der Waals surface area contributed by atoms with E-state index in [4.69, 9.17) is 0 Å². The Morgan fingerprint density at radius 2 is 1.79 bits per heavy atom. The zero-order valence-corrected chi connectivity index (χ0v) is 11.3. The number of benzene rings is 1. The van der Waals surface area contributed by atoms with Crippen LogP contribution in [0.25, 0.3) is 0 Å². The monoisotopic (exact) mass is 264 g/mol. The molecular formula is C14H17FN2O2. The Morgan fingerprint density at radius 1 is 1.21 bits per heavy atom.